The van der Waals surface area contributed by atoms with Crippen LogP contribution in [0.15, 0.2) is 54.6 Å². The number of halogens is 2. The van der Waals surface area contributed by atoms with Crippen molar-refractivity contribution in [2.45, 2.75) is 26.6 Å². The highest BCUT2D eigenvalue weighted by molar-refractivity contribution is 6.07. The Labute approximate surface area is 139 Å². The van der Waals surface area contributed by atoms with Crippen LogP contribution in [0.1, 0.15) is 29.8 Å². The van der Waals surface area contributed by atoms with Gasteiger partial charge in [-0.2, -0.15) is 8.78 Å². The van der Waals surface area contributed by atoms with Crippen LogP contribution in [-0.2, 0) is 0 Å². The molecule has 24 heavy (non-hydrogen) atoms. The van der Waals surface area contributed by atoms with E-state index in [0.717, 1.165) is 11.3 Å². The molecule has 0 unspecified atom stereocenters. The van der Waals surface area contributed by atoms with Gasteiger partial charge in [0.1, 0.15) is 11.5 Å². The molecule has 0 heterocycles. The zero-order valence-electron chi connectivity index (χ0n) is 13.4. The second-order valence-electron chi connectivity index (χ2n) is 5.34. The summed E-state index contributed by atoms with van der Waals surface area (Å²) in [5, 5.41) is 0. The molecule has 0 N–H and O–H groups in total. The molecule has 2 aromatic rings. The predicted molar refractivity (Wildman–Crippen MR) is 88.6 cm³/mol. The normalized spacial score (nSPS) is 11.2. The third-order valence-electron chi connectivity index (χ3n) is 3.02. The molecule has 0 fully saturated rings. The maximum absolute atomic E-state index is 12.2. The lowest BCUT2D eigenvalue weighted by atomic mass is 10.1. The Morgan fingerprint density at radius 3 is 2.33 bits per heavy atom. The summed E-state index contributed by atoms with van der Waals surface area (Å²) < 4.78 is 34.2. The fourth-order valence-electron chi connectivity index (χ4n) is 2.02. The Balaban J connectivity index is 2.04. The fourth-order valence-corrected chi connectivity index (χ4v) is 2.02. The van der Waals surface area contributed by atoms with E-state index in [1.54, 1.807) is 12.1 Å². The Bertz CT molecular complexity index is 707. The minimum atomic E-state index is -2.92. The Kier molecular flexibility index (Phi) is 6.07. The first kappa shape index (κ1) is 17.7. The number of carbonyl (C=O) groups excluding carboxylic acids is 1. The van der Waals surface area contributed by atoms with Gasteiger partial charge in [-0.3, -0.25) is 4.79 Å². The van der Waals surface area contributed by atoms with Gasteiger partial charge in [0.25, 0.3) is 0 Å². The topological polar surface area (TPSA) is 35.5 Å². The highest BCUT2D eigenvalue weighted by Gasteiger charge is 2.07. The minimum Gasteiger partial charge on any atom is -0.491 e. The van der Waals surface area contributed by atoms with Crippen molar-refractivity contribution >= 4 is 11.9 Å². The summed E-state index contributed by atoms with van der Waals surface area (Å²) in [6.45, 7) is 0.967. The van der Waals surface area contributed by atoms with E-state index < -0.39 is 6.61 Å². The van der Waals surface area contributed by atoms with Gasteiger partial charge in [-0.15, -0.1) is 0 Å². The number of hydrogen-bond acceptors (Lipinski definition) is 3. The molecule has 0 amide bonds. The molecule has 2 aromatic carbocycles. The van der Waals surface area contributed by atoms with E-state index in [1.807, 2.05) is 38.1 Å². The maximum atomic E-state index is 12.2. The summed E-state index contributed by atoms with van der Waals surface area (Å²) in [6.07, 6.45) is 3.14. The molecule has 126 valence electrons. The molecule has 0 saturated carbocycles. The Hall–Kier alpha value is -2.69. The van der Waals surface area contributed by atoms with Crippen LogP contribution in [0.25, 0.3) is 6.08 Å². The smallest absolute Gasteiger partial charge is 0.387 e. The molecule has 0 aliphatic rings. The van der Waals surface area contributed by atoms with Crippen LogP contribution in [0.4, 0.5) is 8.78 Å². The first-order valence-electron chi connectivity index (χ1n) is 7.48. The van der Waals surface area contributed by atoms with Crippen LogP contribution in [0.5, 0.6) is 11.5 Å². The minimum absolute atomic E-state index is 0.0422. The van der Waals surface area contributed by atoms with Crippen LogP contribution >= 0.6 is 0 Å². The summed E-state index contributed by atoms with van der Waals surface area (Å²) in [6, 6.07) is 13.0. The number of alkyl halides is 2. The van der Waals surface area contributed by atoms with E-state index in [-0.39, 0.29) is 23.2 Å². The third-order valence-corrected chi connectivity index (χ3v) is 3.02. The molecule has 5 heteroatoms. The van der Waals surface area contributed by atoms with Crippen molar-refractivity contribution in [2.75, 3.05) is 0 Å². The monoisotopic (exact) mass is 332 g/mol. The molecule has 0 aliphatic heterocycles. The summed E-state index contributed by atoms with van der Waals surface area (Å²) in [4.78, 5) is 12.1. The number of benzene rings is 2. The van der Waals surface area contributed by atoms with Gasteiger partial charge in [-0.25, -0.2) is 0 Å². The zero-order chi connectivity index (χ0) is 17.5. The quantitative estimate of drug-likeness (QED) is 0.530. The molecule has 3 nitrogen and oxygen atoms in total. The van der Waals surface area contributed by atoms with E-state index in [2.05, 4.69) is 4.74 Å². The van der Waals surface area contributed by atoms with E-state index in [0.29, 0.717) is 0 Å². The SMILES string of the molecule is CC(C)Oc1ccc(/C=C/C(=O)c2cccc(OC(F)F)c2)cc1. The van der Waals surface area contributed by atoms with Crippen LogP contribution in [0.3, 0.4) is 0 Å². The summed E-state index contributed by atoms with van der Waals surface area (Å²) >= 11 is 0. The van der Waals surface area contributed by atoms with Gasteiger partial charge in [0.05, 0.1) is 6.10 Å². The first-order valence-corrected chi connectivity index (χ1v) is 7.48. The summed E-state index contributed by atoms with van der Waals surface area (Å²) in [5.41, 5.74) is 1.11. The average molecular weight is 332 g/mol. The van der Waals surface area contributed by atoms with Crippen molar-refractivity contribution in [3.8, 4) is 11.5 Å². The van der Waals surface area contributed by atoms with Gasteiger partial charge in [-0.05, 0) is 49.8 Å². The standard InChI is InChI=1S/C19H18F2O3/c1-13(2)23-16-9-6-14(7-10-16)8-11-18(22)15-4-3-5-17(12-15)24-19(20)21/h3-13,19H,1-2H3/b11-8+. The van der Waals surface area contributed by atoms with Crippen LogP contribution < -0.4 is 9.47 Å². The first-order chi connectivity index (χ1) is 11.4. The predicted octanol–water partition coefficient (Wildman–Crippen LogP) is 4.97. The molecule has 0 saturated heterocycles. The number of hydrogen-bond donors (Lipinski definition) is 0. The van der Waals surface area contributed by atoms with Crippen molar-refractivity contribution in [3.63, 3.8) is 0 Å². The zero-order valence-corrected chi connectivity index (χ0v) is 13.4. The Morgan fingerprint density at radius 2 is 1.71 bits per heavy atom. The van der Waals surface area contributed by atoms with E-state index in [4.69, 9.17) is 4.74 Å². The van der Waals surface area contributed by atoms with Crippen molar-refractivity contribution < 1.29 is 23.0 Å². The fraction of sp³-hybridized carbons (Fsp3) is 0.211. The lowest BCUT2D eigenvalue weighted by molar-refractivity contribution is -0.0498. The molecule has 0 atom stereocenters. The van der Waals surface area contributed by atoms with Gasteiger partial charge < -0.3 is 9.47 Å². The van der Waals surface area contributed by atoms with E-state index in [1.165, 1.54) is 24.3 Å². The van der Waals surface area contributed by atoms with Crippen LogP contribution in [0.2, 0.25) is 0 Å². The molecule has 2 rings (SSSR count). The van der Waals surface area contributed by atoms with Gasteiger partial charge in [0.2, 0.25) is 0 Å². The average Bonchev–Trinajstić information content (AvgIpc) is 2.53. The lowest BCUT2D eigenvalue weighted by Crippen LogP contribution is -2.05. The van der Waals surface area contributed by atoms with Crippen molar-refractivity contribution in [1.82, 2.24) is 0 Å². The largest absolute Gasteiger partial charge is 0.491 e. The summed E-state index contributed by atoms with van der Waals surface area (Å²) in [7, 11) is 0. The molecule has 0 bridgehead atoms. The van der Waals surface area contributed by atoms with E-state index in [9.17, 15) is 13.6 Å². The number of ketones is 1. The van der Waals surface area contributed by atoms with Gasteiger partial charge >= 0.3 is 6.61 Å². The van der Waals surface area contributed by atoms with Gasteiger partial charge in [0, 0.05) is 5.56 Å². The van der Waals surface area contributed by atoms with Crippen molar-refractivity contribution in [1.29, 1.82) is 0 Å². The highest BCUT2D eigenvalue weighted by atomic mass is 19.3. The van der Waals surface area contributed by atoms with Crippen LogP contribution in [-0.4, -0.2) is 18.5 Å². The van der Waals surface area contributed by atoms with E-state index >= 15 is 0 Å². The molecular formula is C19H18F2O3. The van der Waals surface area contributed by atoms with Crippen LogP contribution in [0, 0.1) is 0 Å². The molecule has 0 radical (unpaired) electrons. The Morgan fingerprint density at radius 1 is 1.00 bits per heavy atom. The molecule has 0 aromatic heterocycles. The van der Waals surface area contributed by atoms with Crippen molar-refractivity contribution in [2.24, 2.45) is 0 Å². The number of carbonyl (C=O) groups is 1. The highest BCUT2D eigenvalue weighted by Crippen LogP contribution is 2.18. The van der Waals surface area contributed by atoms with Gasteiger partial charge in [0.15, 0.2) is 5.78 Å². The second kappa shape index (κ2) is 8.24. The second-order valence-corrected chi connectivity index (χ2v) is 5.34. The van der Waals surface area contributed by atoms with Gasteiger partial charge in [-0.1, -0.05) is 30.3 Å². The third kappa shape index (κ3) is 5.50. The summed E-state index contributed by atoms with van der Waals surface area (Å²) in [5.74, 6) is 0.419. The lowest BCUT2D eigenvalue weighted by Gasteiger charge is -2.09. The maximum Gasteiger partial charge on any atom is 0.387 e. The molecular weight excluding hydrogens is 314 g/mol. The number of ether oxygens (including phenoxy) is 2. The van der Waals surface area contributed by atoms with Crippen molar-refractivity contribution in [3.05, 3.63) is 65.7 Å². The number of rotatable bonds is 7. The number of allylic oxidation sites excluding steroid dienone is 1. The molecule has 0 spiro atoms. The molecule has 0 aliphatic carbocycles.